The van der Waals surface area contributed by atoms with Gasteiger partial charge in [-0.15, -0.1) is 0 Å². The van der Waals surface area contributed by atoms with E-state index in [1.807, 2.05) is 60.5 Å². The van der Waals surface area contributed by atoms with Crippen LogP contribution < -0.4 is 10.2 Å². The number of furan rings is 1. The molecule has 0 amide bonds. The van der Waals surface area contributed by atoms with E-state index < -0.39 is 0 Å². The molecule has 0 aliphatic heterocycles. The van der Waals surface area contributed by atoms with Crippen molar-refractivity contribution in [3.63, 3.8) is 0 Å². The Labute approximate surface area is 123 Å². The van der Waals surface area contributed by atoms with E-state index in [1.54, 1.807) is 12.6 Å². The molecule has 5 nitrogen and oxygen atoms in total. The highest BCUT2D eigenvalue weighted by Gasteiger charge is 2.06. The predicted octanol–water partition coefficient (Wildman–Crippen LogP) is 3.45. The molecule has 21 heavy (non-hydrogen) atoms. The molecule has 1 N–H and O–H groups in total. The number of para-hydroxylation sites is 1. The van der Waals surface area contributed by atoms with Crippen molar-refractivity contribution >= 4 is 17.3 Å². The van der Waals surface area contributed by atoms with E-state index in [4.69, 9.17) is 4.42 Å². The first-order valence-electron chi connectivity index (χ1n) is 6.70. The minimum Gasteiger partial charge on any atom is -0.467 e. The van der Waals surface area contributed by atoms with Crippen molar-refractivity contribution in [1.82, 2.24) is 9.97 Å². The number of hydrogen-bond donors (Lipinski definition) is 1. The summed E-state index contributed by atoms with van der Waals surface area (Å²) < 4.78 is 5.29. The molecule has 0 radical (unpaired) electrons. The summed E-state index contributed by atoms with van der Waals surface area (Å²) in [5, 5.41) is 3.22. The van der Waals surface area contributed by atoms with E-state index in [0.29, 0.717) is 6.54 Å². The Morgan fingerprint density at radius 3 is 2.71 bits per heavy atom. The summed E-state index contributed by atoms with van der Waals surface area (Å²) >= 11 is 0. The smallest absolute Gasteiger partial charge is 0.138 e. The minimum absolute atomic E-state index is 0.596. The quantitative estimate of drug-likeness (QED) is 0.775. The third kappa shape index (κ3) is 3.20. The first-order valence-corrected chi connectivity index (χ1v) is 6.70. The van der Waals surface area contributed by atoms with Gasteiger partial charge in [0.15, 0.2) is 0 Å². The molecule has 3 rings (SSSR count). The highest BCUT2D eigenvalue weighted by Crippen LogP contribution is 2.22. The first kappa shape index (κ1) is 13.2. The van der Waals surface area contributed by atoms with Gasteiger partial charge in [-0.1, -0.05) is 18.2 Å². The molecule has 0 spiro atoms. The Morgan fingerprint density at radius 2 is 1.95 bits per heavy atom. The van der Waals surface area contributed by atoms with Gasteiger partial charge in [0.1, 0.15) is 23.7 Å². The van der Waals surface area contributed by atoms with E-state index >= 15 is 0 Å². The molecule has 0 saturated heterocycles. The summed E-state index contributed by atoms with van der Waals surface area (Å²) in [6.07, 6.45) is 3.21. The van der Waals surface area contributed by atoms with E-state index in [-0.39, 0.29) is 0 Å². The standard InChI is InChI=1S/C16H16N4O/c1-20(13-6-3-2-4-7-13)16-10-15(18-12-19-16)17-11-14-8-5-9-21-14/h2-10,12H,11H2,1H3,(H,17,18,19). The summed E-state index contributed by atoms with van der Waals surface area (Å²) in [5.41, 5.74) is 1.08. The zero-order valence-electron chi connectivity index (χ0n) is 11.7. The maximum absolute atomic E-state index is 5.29. The lowest BCUT2D eigenvalue weighted by atomic mass is 10.3. The SMILES string of the molecule is CN(c1ccccc1)c1cc(NCc2ccco2)ncn1. The van der Waals surface area contributed by atoms with Crippen molar-refractivity contribution < 1.29 is 4.42 Å². The van der Waals surface area contributed by atoms with Crippen LogP contribution >= 0.6 is 0 Å². The van der Waals surface area contributed by atoms with Crippen molar-refractivity contribution in [3.05, 3.63) is 66.9 Å². The summed E-state index contributed by atoms with van der Waals surface area (Å²) in [5.74, 6) is 2.46. The molecular formula is C16H16N4O. The number of nitrogens with zero attached hydrogens (tertiary/aromatic N) is 3. The van der Waals surface area contributed by atoms with Crippen molar-refractivity contribution in [3.8, 4) is 0 Å². The first-order chi connectivity index (χ1) is 10.3. The average molecular weight is 280 g/mol. The van der Waals surface area contributed by atoms with E-state index in [2.05, 4.69) is 15.3 Å². The maximum Gasteiger partial charge on any atom is 0.138 e. The number of rotatable bonds is 5. The fraction of sp³-hybridized carbons (Fsp3) is 0.125. The van der Waals surface area contributed by atoms with Crippen LogP contribution in [0.1, 0.15) is 5.76 Å². The average Bonchev–Trinajstić information content (AvgIpc) is 3.07. The summed E-state index contributed by atoms with van der Waals surface area (Å²) in [4.78, 5) is 10.6. The van der Waals surface area contributed by atoms with Crippen LogP contribution in [-0.2, 0) is 6.54 Å². The van der Waals surface area contributed by atoms with E-state index in [9.17, 15) is 0 Å². The fourth-order valence-electron chi connectivity index (χ4n) is 2.00. The second kappa shape index (κ2) is 6.09. The highest BCUT2D eigenvalue weighted by molar-refractivity contribution is 5.61. The summed E-state index contributed by atoms with van der Waals surface area (Å²) in [7, 11) is 1.98. The van der Waals surface area contributed by atoms with Crippen molar-refractivity contribution in [2.24, 2.45) is 0 Å². The lowest BCUT2D eigenvalue weighted by molar-refractivity contribution is 0.518. The number of benzene rings is 1. The highest BCUT2D eigenvalue weighted by atomic mass is 16.3. The minimum atomic E-state index is 0.596. The zero-order chi connectivity index (χ0) is 14.5. The second-order valence-corrected chi connectivity index (χ2v) is 4.59. The van der Waals surface area contributed by atoms with Gasteiger partial charge in [-0.05, 0) is 24.3 Å². The van der Waals surface area contributed by atoms with Crippen LogP contribution in [0.25, 0.3) is 0 Å². The van der Waals surface area contributed by atoms with Gasteiger partial charge in [-0.3, -0.25) is 0 Å². The predicted molar refractivity (Wildman–Crippen MR) is 82.6 cm³/mol. The molecule has 106 valence electrons. The normalized spacial score (nSPS) is 10.3. The van der Waals surface area contributed by atoms with Gasteiger partial charge in [0.25, 0.3) is 0 Å². The fourth-order valence-corrected chi connectivity index (χ4v) is 2.00. The van der Waals surface area contributed by atoms with Gasteiger partial charge >= 0.3 is 0 Å². The lowest BCUT2D eigenvalue weighted by Crippen LogP contribution is -2.12. The van der Waals surface area contributed by atoms with Crippen LogP contribution in [0.4, 0.5) is 17.3 Å². The monoisotopic (exact) mass is 280 g/mol. The number of nitrogens with one attached hydrogen (secondary N) is 1. The molecule has 0 atom stereocenters. The largest absolute Gasteiger partial charge is 0.467 e. The Balaban J connectivity index is 1.73. The van der Waals surface area contributed by atoms with Crippen LogP contribution in [0, 0.1) is 0 Å². The second-order valence-electron chi connectivity index (χ2n) is 4.59. The number of anilines is 3. The number of hydrogen-bond acceptors (Lipinski definition) is 5. The maximum atomic E-state index is 5.29. The van der Waals surface area contributed by atoms with Crippen molar-refractivity contribution in [2.75, 3.05) is 17.3 Å². The Bertz CT molecular complexity index is 683. The summed E-state index contributed by atoms with van der Waals surface area (Å²) in [6.45, 7) is 0.596. The Hall–Kier alpha value is -2.82. The third-order valence-corrected chi connectivity index (χ3v) is 3.16. The Morgan fingerprint density at radius 1 is 1.10 bits per heavy atom. The lowest BCUT2D eigenvalue weighted by Gasteiger charge is -2.18. The van der Waals surface area contributed by atoms with Gasteiger partial charge < -0.3 is 14.6 Å². The topological polar surface area (TPSA) is 54.2 Å². The molecule has 0 saturated carbocycles. The molecular weight excluding hydrogens is 264 g/mol. The van der Waals surface area contributed by atoms with Crippen LogP contribution in [-0.4, -0.2) is 17.0 Å². The molecule has 0 unspecified atom stereocenters. The van der Waals surface area contributed by atoms with E-state index in [1.165, 1.54) is 0 Å². The van der Waals surface area contributed by atoms with Crippen LogP contribution in [0.3, 0.4) is 0 Å². The summed E-state index contributed by atoms with van der Waals surface area (Å²) in [6, 6.07) is 15.8. The molecule has 1 aromatic carbocycles. The van der Waals surface area contributed by atoms with Gasteiger partial charge in [0, 0.05) is 18.8 Å². The van der Waals surface area contributed by atoms with Gasteiger partial charge in [-0.2, -0.15) is 0 Å². The Kier molecular flexibility index (Phi) is 3.82. The van der Waals surface area contributed by atoms with Gasteiger partial charge in [0.2, 0.25) is 0 Å². The molecule has 0 fully saturated rings. The van der Waals surface area contributed by atoms with Crippen molar-refractivity contribution in [2.45, 2.75) is 6.54 Å². The van der Waals surface area contributed by atoms with Gasteiger partial charge in [-0.25, -0.2) is 9.97 Å². The molecule has 5 heteroatoms. The number of aromatic nitrogens is 2. The molecule has 3 aromatic rings. The van der Waals surface area contributed by atoms with Gasteiger partial charge in [0.05, 0.1) is 12.8 Å². The molecule has 0 bridgehead atoms. The van der Waals surface area contributed by atoms with E-state index in [0.717, 1.165) is 23.1 Å². The molecule has 2 aromatic heterocycles. The molecule has 2 heterocycles. The van der Waals surface area contributed by atoms with Crippen LogP contribution in [0.5, 0.6) is 0 Å². The third-order valence-electron chi connectivity index (χ3n) is 3.16. The van der Waals surface area contributed by atoms with Crippen LogP contribution in [0.2, 0.25) is 0 Å². The van der Waals surface area contributed by atoms with Crippen molar-refractivity contribution in [1.29, 1.82) is 0 Å². The zero-order valence-corrected chi connectivity index (χ0v) is 11.7. The molecule has 0 aliphatic carbocycles. The van der Waals surface area contributed by atoms with Crippen LogP contribution in [0.15, 0.2) is 65.5 Å². The molecule has 0 aliphatic rings.